The lowest BCUT2D eigenvalue weighted by Gasteiger charge is -2.23. The maximum Gasteiger partial charge on any atom is 0.272 e. The highest BCUT2D eigenvalue weighted by molar-refractivity contribution is 7.87. The van der Waals surface area contributed by atoms with Crippen molar-refractivity contribution in [2.45, 2.75) is 89.2 Å². The molecule has 1 atom stereocenters. The van der Waals surface area contributed by atoms with Gasteiger partial charge in [-0.2, -0.15) is 8.42 Å². The zero-order valence-electron chi connectivity index (χ0n) is 13.1. The van der Waals surface area contributed by atoms with E-state index in [1.54, 1.807) is 0 Å². The molecule has 0 heterocycles. The number of aliphatic hydroxyl groups excluding tert-OH is 1. The molecule has 0 aromatic rings. The summed E-state index contributed by atoms with van der Waals surface area (Å²) in [4.78, 5) is 0. The van der Waals surface area contributed by atoms with Crippen molar-refractivity contribution in [2.24, 2.45) is 0 Å². The topological polar surface area (TPSA) is 74.6 Å². The third kappa shape index (κ3) is 8.22. The summed E-state index contributed by atoms with van der Waals surface area (Å²) in [6.45, 7) is 3.09. The van der Waals surface area contributed by atoms with E-state index in [1.165, 1.54) is 51.9 Å². The fraction of sp³-hybridized carbons (Fsp3) is 1.00. The van der Waals surface area contributed by atoms with Gasteiger partial charge in [0.1, 0.15) is 4.75 Å². The molecule has 0 radical (unpaired) electrons. The van der Waals surface area contributed by atoms with Crippen molar-refractivity contribution in [1.29, 1.82) is 0 Å². The maximum atomic E-state index is 11.2. The molecule has 1 unspecified atom stereocenters. The van der Waals surface area contributed by atoms with Gasteiger partial charge in [-0.1, -0.05) is 71.1 Å². The molecule has 0 aliphatic heterocycles. The van der Waals surface area contributed by atoms with Crippen molar-refractivity contribution < 1.29 is 18.1 Å². The Hall–Kier alpha value is -0.130. The Morgan fingerprint density at radius 1 is 0.850 bits per heavy atom. The van der Waals surface area contributed by atoms with Crippen LogP contribution < -0.4 is 0 Å². The first-order valence-electron chi connectivity index (χ1n) is 7.95. The fourth-order valence-electron chi connectivity index (χ4n) is 2.28. The summed E-state index contributed by atoms with van der Waals surface area (Å²) in [5.74, 6) is 0. The van der Waals surface area contributed by atoms with Crippen molar-refractivity contribution in [1.82, 2.24) is 0 Å². The predicted molar refractivity (Wildman–Crippen MR) is 83.5 cm³/mol. The molecule has 0 bridgehead atoms. The normalized spacial score (nSPS) is 15.2. The average Bonchev–Trinajstić information content (AvgIpc) is 2.39. The quantitative estimate of drug-likeness (QED) is 0.399. The van der Waals surface area contributed by atoms with E-state index in [1.807, 2.05) is 0 Å². The molecule has 2 N–H and O–H groups in total. The molecule has 0 aliphatic carbocycles. The third-order valence-electron chi connectivity index (χ3n) is 4.02. The smallest absolute Gasteiger partial charge is 0.272 e. The van der Waals surface area contributed by atoms with E-state index >= 15 is 0 Å². The summed E-state index contributed by atoms with van der Waals surface area (Å²) < 4.78 is 30.0. The molecule has 0 aromatic heterocycles. The van der Waals surface area contributed by atoms with Crippen LogP contribution in [-0.4, -0.2) is 29.4 Å². The summed E-state index contributed by atoms with van der Waals surface area (Å²) in [5, 5.41) is 9.13. The zero-order chi connectivity index (χ0) is 15.5. The molecule has 4 nitrogen and oxygen atoms in total. The van der Waals surface area contributed by atoms with Gasteiger partial charge in [0, 0.05) is 0 Å². The first kappa shape index (κ1) is 19.9. The van der Waals surface area contributed by atoms with Crippen LogP contribution in [0.4, 0.5) is 0 Å². The second-order valence-corrected chi connectivity index (χ2v) is 7.95. The van der Waals surface area contributed by atoms with Gasteiger partial charge in [0.05, 0.1) is 6.61 Å². The van der Waals surface area contributed by atoms with Gasteiger partial charge in [-0.15, -0.1) is 0 Å². The van der Waals surface area contributed by atoms with Crippen LogP contribution in [0.2, 0.25) is 0 Å². The van der Waals surface area contributed by atoms with E-state index in [2.05, 4.69) is 6.92 Å². The highest BCUT2D eigenvalue weighted by Gasteiger charge is 2.36. The minimum Gasteiger partial charge on any atom is -0.395 e. The number of hydrogen-bond donors (Lipinski definition) is 2. The molecule has 0 aliphatic rings. The third-order valence-corrected chi connectivity index (χ3v) is 5.60. The first-order chi connectivity index (χ1) is 9.37. The predicted octanol–water partition coefficient (Wildman–Crippen LogP) is 3.94. The van der Waals surface area contributed by atoms with Crippen molar-refractivity contribution in [3.8, 4) is 0 Å². The highest BCUT2D eigenvalue weighted by Crippen LogP contribution is 2.23. The first-order valence-corrected chi connectivity index (χ1v) is 9.39. The van der Waals surface area contributed by atoms with E-state index in [4.69, 9.17) is 9.66 Å². The van der Waals surface area contributed by atoms with E-state index in [0.29, 0.717) is 6.42 Å². The summed E-state index contributed by atoms with van der Waals surface area (Å²) in [6.07, 6.45) is 12.1. The Labute approximate surface area is 124 Å². The minimum atomic E-state index is -4.17. The molecule has 122 valence electrons. The van der Waals surface area contributed by atoms with Gasteiger partial charge in [0.15, 0.2) is 0 Å². The SMILES string of the molecule is CCCCCCCCCCCCC(C)(CO)S(=O)(=O)O. The Morgan fingerprint density at radius 2 is 1.25 bits per heavy atom. The summed E-state index contributed by atoms with van der Waals surface area (Å²) in [5.41, 5.74) is 0. The van der Waals surface area contributed by atoms with Crippen LogP contribution in [0.25, 0.3) is 0 Å². The van der Waals surface area contributed by atoms with Crippen LogP contribution in [0, 0.1) is 0 Å². The van der Waals surface area contributed by atoms with Crippen LogP contribution in [0.15, 0.2) is 0 Å². The summed E-state index contributed by atoms with van der Waals surface area (Å²) in [6, 6.07) is 0. The molecule has 0 amide bonds. The molecule has 0 spiro atoms. The van der Waals surface area contributed by atoms with E-state index in [9.17, 15) is 8.42 Å². The summed E-state index contributed by atoms with van der Waals surface area (Å²) >= 11 is 0. The second kappa shape index (κ2) is 10.6. The van der Waals surface area contributed by atoms with Crippen LogP contribution >= 0.6 is 0 Å². The lowest BCUT2D eigenvalue weighted by atomic mass is 10.0. The van der Waals surface area contributed by atoms with Crippen molar-refractivity contribution >= 4 is 10.1 Å². The van der Waals surface area contributed by atoms with Crippen molar-refractivity contribution in [3.05, 3.63) is 0 Å². The van der Waals surface area contributed by atoms with Gasteiger partial charge >= 0.3 is 0 Å². The molecule has 5 heteroatoms. The number of aliphatic hydroxyl groups is 1. The zero-order valence-corrected chi connectivity index (χ0v) is 13.9. The number of rotatable bonds is 13. The minimum absolute atomic E-state index is 0.318. The largest absolute Gasteiger partial charge is 0.395 e. The molecule has 20 heavy (non-hydrogen) atoms. The molecule has 0 saturated carbocycles. The van der Waals surface area contributed by atoms with Gasteiger partial charge in [-0.25, -0.2) is 0 Å². The van der Waals surface area contributed by atoms with E-state index < -0.39 is 21.5 Å². The van der Waals surface area contributed by atoms with Gasteiger partial charge in [0.2, 0.25) is 0 Å². The Bertz CT molecular complexity index is 327. The van der Waals surface area contributed by atoms with Crippen LogP contribution in [0.3, 0.4) is 0 Å². The number of unbranched alkanes of at least 4 members (excludes halogenated alkanes) is 9. The summed E-state index contributed by atoms with van der Waals surface area (Å²) in [7, 11) is -4.17. The Balaban J connectivity index is 3.57. The monoisotopic (exact) mass is 308 g/mol. The fourth-order valence-corrected chi connectivity index (χ4v) is 2.84. The van der Waals surface area contributed by atoms with E-state index in [-0.39, 0.29) is 0 Å². The van der Waals surface area contributed by atoms with Gasteiger partial charge in [-0.05, 0) is 13.3 Å². The van der Waals surface area contributed by atoms with Crippen LogP contribution in [-0.2, 0) is 10.1 Å². The average molecular weight is 308 g/mol. The molecular weight excluding hydrogens is 276 g/mol. The molecule has 0 saturated heterocycles. The lowest BCUT2D eigenvalue weighted by Crippen LogP contribution is -2.38. The standard InChI is InChI=1S/C15H32O4S/c1-3-4-5-6-7-8-9-10-11-12-13-15(2,14-16)20(17,18)19/h16H,3-14H2,1-2H3,(H,17,18,19). The van der Waals surface area contributed by atoms with Crippen LogP contribution in [0.1, 0.15) is 84.5 Å². The lowest BCUT2D eigenvalue weighted by molar-refractivity contribution is 0.230. The van der Waals surface area contributed by atoms with Crippen LogP contribution in [0.5, 0.6) is 0 Å². The molecule has 0 aromatic carbocycles. The molecule has 0 rings (SSSR count). The van der Waals surface area contributed by atoms with Crippen molar-refractivity contribution in [2.75, 3.05) is 6.61 Å². The Morgan fingerprint density at radius 3 is 1.60 bits per heavy atom. The Kier molecular flexibility index (Phi) is 10.5. The van der Waals surface area contributed by atoms with Gasteiger partial charge in [0.25, 0.3) is 10.1 Å². The number of hydrogen-bond acceptors (Lipinski definition) is 3. The van der Waals surface area contributed by atoms with Gasteiger partial charge < -0.3 is 5.11 Å². The maximum absolute atomic E-state index is 11.2. The van der Waals surface area contributed by atoms with Gasteiger partial charge in [-0.3, -0.25) is 4.55 Å². The second-order valence-electron chi connectivity index (χ2n) is 6.02. The van der Waals surface area contributed by atoms with Crippen molar-refractivity contribution in [3.63, 3.8) is 0 Å². The molecule has 0 fully saturated rings. The molecular formula is C15H32O4S. The van der Waals surface area contributed by atoms with E-state index in [0.717, 1.165) is 19.3 Å². The highest BCUT2D eigenvalue weighted by atomic mass is 32.2.